The number of hydrogen-bond donors (Lipinski definition) is 1. The van der Waals surface area contributed by atoms with Gasteiger partial charge in [0.1, 0.15) is 8.07 Å². The van der Waals surface area contributed by atoms with Gasteiger partial charge in [-0.3, -0.25) is 4.79 Å². The number of aromatic nitrogens is 2. The maximum Gasteiger partial charge on any atom is 0.226 e. The molecule has 1 aliphatic carbocycles. The van der Waals surface area contributed by atoms with Gasteiger partial charge in [0.15, 0.2) is 0 Å². The fourth-order valence-corrected chi connectivity index (χ4v) is 4.63. The van der Waals surface area contributed by atoms with Crippen LogP contribution in [0, 0.1) is 23.3 Å². The minimum Gasteiger partial charge on any atom is -0.354 e. The van der Waals surface area contributed by atoms with E-state index in [1.807, 2.05) is 6.07 Å². The lowest BCUT2D eigenvalue weighted by Crippen LogP contribution is -2.40. The van der Waals surface area contributed by atoms with Crippen molar-refractivity contribution in [3.63, 3.8) is 0 Å². The third kappa shape index (κ3) is 5.95. The zero-order chi connectivity index (χ0) is 21.8. The van der Waals surface area contributed by atoms with Crippen molar-refractivity contribution in [3.05, 3.63) is 53.9 Å². The van der Waals surface area contributed by atoms with Crippen LogP contribution in [-0.2, 0) is 4.79 Å². The molecule has 1 saturated heterocycles. The van der Waals surface area contributed by atoms with Crippen LogP contribution < -0.4 is 5.32 Å². The van der Waals surface area contributed by atoms with E-state index in [2.05, 4.69) is 75.6 Å². The first kappa shape index (κ1) is 21.6. The van der Waals surface area contributed by atoms with Crippen molar-refractivity contribution in [2.75, 3.05) is 25.0 Å². The highest BCUT2D eigenvalue weighted by Crippen LogP contribution is 2.48. The molecule has 1 aliphatic heterocycles. The topological polar surface area (TPSA) is 58.1 Å². The van der Waals surface area contributed by atoms with E-state index in [0.717, 1.165) is 44.5 Å². The summed E-state index contributed by atoms with van der Waals surface area (Å²) in [5.41, 5.74) is 5.51. The number of hydrogen-bond acceptors (Lipinski definition) is 4. The largest absolute Gasteiger partial charge is 0.354 e. The van der Waals surface area contributed by atoms with E-state index in [4.69, 9.17) is 0 Å². The zero-order valence-corrected chi connectivity index (χ0v) is 19.8. The standard InChI is InChI=1S/C25H32N4OSi/c1-31(2,3)14-11-20-17-27-25(28-18-20)26-16-19-9-12-29(13-10-19)24(30)23-15-22(23)21-7-5-4-6-8-21/h4-8,17-19,22-23H,9-10,12-13,15-16H2,1-3H3,(H,26,27,28)/t22-,23+/m0/s1. The van der Waals surface area contributed by atoms with Crippen molar-refractivity contribution >= 4 is 19.9 Å². The summed E-state index contributed by atoms with van der Waals surface area (Å²) in [7, 11) is -1.39. The highest BCUT2D eigenvalue weighted by atomic mass is 28.3. The first-order valence-electron chi connectivity index (χ1n) is 11.3. The molecule has 0 spiro atoms. The molecule has 2 aliphatic rings. The van der Waals surface area contributed by atoms with Gasteiger partial charge in [0.05, 0.1) is 5.56 Å². The first-order chi connectivity index (χ1) is 14.9. The van der Waals surface area contributed by atoms with Crippen molar-refractivity contribution in [2.24, 2.45) is 11.8 Å². The Hall–Kier alpha value is -2.65. The van der Waals surface area contributed by atoms with Gasteiger partial charge in [0.25, 0.3) is 0 Å². The summed E-state index contributed by atoms with van der Waals surface area (Å²) in [6.07, 6.45) is 6.65. The van der Waals surface area contributed by atoms with Crippen molar-refractivity contribution in [2.45, 2.75) is 44.8 Å². The number of nitrogens with one attached hydrogen (secondary N) is 1. The lowest BCUT2D eigenvalue weighted by atomic mass is 9.96. The normalized spacial score (nSPS) is 21.2. The summed E-state index contributed by atoms with van der Waals surface area (Å²) in [4.78, 5) is 23.7. The van der Waals surface area contributed by atoms with Crippen LogP contribution in [0.5, 0.6) is 0 Å². The van der Waals surface area contributed by atoms with Crippen LogP contribution in [0.25, 0.3) is 0 Å². The minimum absolute atomic E-state index is 0.188. The molecule has 162 valence electrons. The zero-order valence-electron chi connectivity index (χ0n) is 18.8. The molecule has 1 aromatic heterocycles. The first-order valence-corrected chi connectivity index (χ1v) is 14.8. The molecule has 1 aromatic carbocycles. The van der Waals surface area contributed by atoms with Gasteiger partial charge in [0.2, 0.25) is 11.9 Å². The Bertz CT molecular complexity index is 951. The molecule has 1 N–H and O–H groups in total. The van der Waals surface area contributed by atoms with E-state index in [0.29, 0.717) is 23.7 Å². The molecule has 4 rings (SSSR count). The molecular formula is C25H32N4OSi. The molecule has 6 heteroatoms. The summed E-state index contributed by atoms with van der Waals surface area (Å²) < 4.78 is 0. The Balaban J connectivity index is 1.20. The van der Waals surface area contributed by atoms with Crippen molar-refractivity contribution in [3.8, 4) is 11.5 Å². The summed E-state index contributed by atoms with van der Waals surface area (Å²) in [6, 6.07) is 10.4. The fourth-order valence-electron chi connectivity index (χ4n) is 4.11. The number of benzene rings is 1. The molecule has 2 heterocycles. The van der Waals surface area contributed by atoms with Crippen molar-refractivity contribution in [1.82, 2.24) is 14.9 Å². The summed E-state index contributed by atoms with van der Waals surface area (Å²) in [6.45, 7) is 9.23. The minimum atomic E-state index is -1.39. The number of likely N-dealkylation sites (tertiary alicyclic amines) is 1. The number of carbonyl (C=O) groups excluding carboxylic acids is 1. The van der Waals surface area contributed by atoms with Gasteiger partial charge in [-0.1, -0.05) is 55.9 Å². The average Bonchev–Trinajstić information content (AvgIpc) is 3.58. The third-order valence-corrected chi connectivity index (χ3v) is 6.92. The maximum atomic E-state index is 12.9. The number of amides is 1. The molecule has 31 heavy (non-hydrogen) atoms. The SMILES string of the molecule is C[Si](C)(C)C#Cc1cnc(NCC2CCN(C(=O)[C@@H]3C[C@H]3c3ccccc3)CC2)nc1. The van der Waals surface area contributed by atoms with Crippen LogP contribution in [-0.4, -0.2) is 48.5 Å². The summed E-state index contributed by atoms with van der Waals surface area (Å²) in [5.74, 6) is 5.33. The van der Waals surface area contributed by atoms with Crippen LogP contribution in [0.1, 0.15) is 36.3 Å². The van der Waals surface area contributed by atoms with E-state index >= 15 is 0 Å². The highest BCUT2D eigenvalue weighted by Gasteiger charge is 2.46. The van der Waals surface area contributed by atoms with Gasteiger partial charge in [-0.05, 0) is 36.7 Å². The Morgan fingerprint density at radius 1 is 1.13 bits per heavy atom. The van der Waals surface area contributed by atoms with Crippen LogP contribution in [0.4, 0.5) is 5.95 Å². The van der Waals surface area contributed by atoms with E-state index < -0.39 is 8.07 Å². The average molecular weight is 433 g/mol. The van der Waals surface area contributed by atoms with Gasteiger partial charge < -0.3 is 10.2 Å². The second-order valence-corrected chi connectivity index (χ2v) is 14.6. The van der Waals surface area contributed by atoms with E-state index in [-0.39, 0.29) is 5.92 Å². The lowest BCUT2D eigenvalue weighted by molar-refractivity contribution is -0.134. The van der Waals surface area contributed by atoms with Crippen molar-refractivity contribution in [1.29, 1.82) is 0 Å². The van der Waals surface area contributed by atoms with Gasteiger partial charge in [-0.25, -0.2) is 9.97 Å². The molecular weight excluding hydrogens is 400 g/mol. The highest BCUT2D eigenvalue weighted by molar-refractivity contribution is 6.83. The smallest absolute Gasteiger partial charge is 0.226 e. The Labute approximate surface area is 186 Å². The molecule has 0 bridgehead atoms. The van der Waals surface area contributed by atoms with Crippen molar-refractivity contribution < 1.29 is 4.79 Å². The number of nitrogens with zero attached hydrogens (tertiary/aromatic N) is 3. The van der Waals surface area contributed by atoms with Gasteiger partial charge >= 0.3 is 0 Å². The molecule has 0 unspecified atom stereocenters. The Morgan fingerprint density at radius 2 is 1.81 bits per heavy atom. The molecule has 1 amide bonds. The number of anilines is 1. The molecule has 0 radical (unpaired) electrons. The molecule has 2 atom stereocenters. The van der Waals surface area contributed by atoms with Gasteiger partial charge in [-0.15, -0.1) is 5.54 Å². The second kappa shape index (κ2) is 9.23. The monoisotopic (exact) mass is 432 g/mol. The maximum absolute atomic E-state index is 12.9. The molecule has 2 aromatic rings. The number of carbonyl (C=O) groups is 1. The number of rotatable bonds is 5. The predicted octanol–water partition coefficient (Wildman–Crippen LogP) is 4.16. The van der Waals surface area contributed by atoms with E-state index in [9.17, 15) is 4.79 Å². The van der Waals surface area contributed by atoms with E-state index in [1.54, 1.807) is 12.4 Å². The van der Waals surface area contributed by atoms with Gasteiger partial charge in [0, 0.05) is 37.9 Å². The van der Waals surface area contributed by atoms with Gasteiger partial charge in [-0.2, -0.15) is 0 Å². The predicted molar refractivity (Wildman–Crippen MR) is 127 cm³/mol. The van der Waals surface area contributed by atoms with E-state index in [1.165, 1.54) is 5.56 Å². The van der Waals surface area contributed by atoms with Crippen LogP contribution in [0.15, 0.2) is 42.7 Å². The van der Waals surface area contributed by atoms with Crippen LogP contribution in [0.3, 0.4) is 0 Å². The second-order valence-electron chi connectivity index (χ2n) is 9.80. The lowest BCUT2D eigenvalue weighted by Gasteiger charge is -2.32. The Morgan fingerprint density at radius 3 is 2.45 bits per heavy atom. The number of piperidine rings is 1. The van der Waals surface area contributed by atoms with Crippen LogP contribution >= 0.6 is 0 Å². The quantitative estimate of drug-likeness (QED) is 0.569. The van der Waals surface area contributed by atoms with Crippen LogP contribution in [0.2, 0.25) is 19.6 Å². The molecule has 1 saturated carbocycles. The Kier molecular flexibility index (Phi) is 6.42. The fraction of sp³-hybridized carbons (Fsp3) is 0.480. The summed E-state index contributed by atoms with van der Waals surface area (Å²) in [5, 5.41) is 3.36. The molecule has 5 nitrogen and oxygen atoms in total. The molecule has 2 fully saturated rings. The third-order valence-electron chi connectivity index (χ3n) is 6.04. The summed E-state index contributed by atoms with van der Waals surface area (Å²) >= 11 is 0.